The highest BCUT2D eigenvalue weighted by Gasteiger charge is 2.15. The summed E-state index contributed by atoms with van der Waals surface area (Å²) in [6, 6.07) is 20.3. The number of hydrogen-bond donors (Lipinski definition) is 2. The van der Waals surface area contributed by atoms with Gasteiger partial charge in [-0.3, -0.25) is 9.59 Å². The van der Waals surface area contributed by atoms with Crippen molar-refractivity contribution in [1.82, 2.24) is 0 Å². The average Bonchev–Trinajstić information content (AvgIpc) is 2.73. The van der Waals surface area contributed by atoms with E-state index in [1.165, 1.54) is 13.2 Å². The van der Waals surface area contributed by atoms with Gasteiger partial charge in [-0.15, -0.1) is 0 Å². The minimum absolute atomic E-state index is 0.269. The molecule has 6 heteroatoms. The van der Waals surface area contributed by atoms with E-state index < -0.39 is 11.9 Å². The normalized spacial score (nSPS) is 10.1. The van der Waals surface area contributed by atoms with Crippen molar-refractivity contribution < 1.29 is 19.1 Å². The molecule has 0 aromatic heterocycles. The minimum atomic E-state index is -0.530. The van der Waals surface area contributed by atoms with E-state index in [2.05, 4.69) is 15.4 Å². The van der Waals surface area contributed by atoms with Gasteiger partial charge in [0.2, 0.25) is 0 Å². The lowest BCUT2D eigenvalue weighted by Crippen LogP contribution is -2.18. The van der Waals surface area contributed by atoms with Gasteiger partial charge in [-0.1, -0.05) is 30.3 Å². The number of amides is 2. The molecule has 0 heterocycles. The van der Waals surface area contributed by atoms with Crippen molar-refractivity contribution in [3.8, 4) is 0 Å². The number of aryl methyl sites for hydroxylation is 1. The molecule has 0 aliphatic rings. The van der Waals surface area contributed by atoms with Gasteiger partial charge < -0.3 is 15.4 Å². The van der Waals surface area contributed by atoms with E-state index in [0.29, 0.717) is 16.9 Å². The maximum Gasteiger partial charge on any atom is 0.337 e. The van der Waals surface area contributed by atoms with Crippen molar-refractivity contribution in [2.75, 3.05) is 17.7 Å². The van der Waals surface area contributed by atoms with Crippen LogP contribution >= 0.6 is 0 Å². The zero-order valence-electron chi connectivity index (χ0n) is 16.1. The average molecular weight is 388 g/mol. The van der Waals surface area contributed by atoms with E-state index >= 15 is 0 Å². The second-order valence-electron chi connectivity index (χ2n) is 6.40. The molecule has 2 N–H and O–H groups in total. The molecule has 0 aliphatic carbocycles. The van der Waals surface area contributed by atoms with Crippen molar-refractivity contribution in [1.29, 1.82) is 0 Å². The first-order valence-corrected chi connectivity index (χ1v) is 8.94. The number of para-hydroxylation sites is 1. The molecule has 29 heavy (non-hydrogen) atoms. The van der Waals surface area contributed by atoms with Crippen LogP contribution in [0.15, 0.2) is 72.8 Å². The number of nitrogens with one attached hydrogen (secondary N) is 2. The molecule has 146 valence electrons. The van der Waals surface area contributed by atoms with Crippen molar-refractivity contribution >= 4 is 29.2 Å². The number of methoxy groups -OCH3 is 1. The van der Waals surface area contributed by atoms with Gasteiger partial charge in [0, 0.05) is 11.3 Å². The highest BCUT2D eigenvalue weighted by Crippen LogP contribution is 2.19. The predicted molar refractivity (Wildman–Crippen MR) is 111 cm³/mol. The second-order valence-corrected chi connectivity index (χ2v) is 6.40. The Hall–Kier alpha value is -3.93. The van der Waals surface area contributed by atoms with E-state index in [-0.39, 0.29) is 17.0 Å². The van der Waals surface area contributed by atoms with Crippen LogP contribution in [0.1, 0.15) is 36.6 Å². The Morgan fingerprint density at radius 2 is 1.48 bits per heavy atom. The Bertz CT molecular complexity index is 1080. The lowest BCUT2D eigenvalue weighted by molar-refractivity contribution is 0.0600. The van der Waals surface area contributed by atoms with Crippen molar-refractivity contribution in [3.63, 3.8) is 0 Å². The van der Waals surface area contributed by atoms with E-state index in [1.807, 2.05) is 25.1 Å². The Balaban J connectivity index is 1.81. The molecule has 3 aromatic rings. The highest BCUT2D eigenvalue weighted by molar-refractivity contribution is 6.12. The molecule has 0 unspecified atom stereocenters. The molecule has 6 nitrogen and oxygen atoms in total. The molecule has 2 amide bonds. The summed E-state index contributed by atoms with van der Waals surface area (Å²) in [5.41, 5.74) is 2.93. The Kier molecular flexibility index (Phi) is 6.04. The fourth-order valence-corrected chi connectivity index (χ4v) is 2.81. The van der Waals surface area contributed by atoms with Crippen LogP contribution in [-0.4, -0.2) is 24.9 Å². The fraction of sp³-hybridized carbons (Fsp3) is 0.0870. The number of ether oxygens (including phenoxy) is 1. The van der Waals surface area contributed by atoms with Gasteiger partial charge in [0.15, 0.2) is 0 Å². The third kappa shape index (κ3) is 4.87. The molecular formula is C23H20N2O4. The van der Waals surface area contributed by atoms with Crippen molar-refractivity contribution in [3.05, 3.63) is 95.1 Å². The Morgan fingerprint density at radius 3 is 2.24 bits per heavy atom. The van der Waals surface area contributed by atoms with E-state index in [0.717, 1.165) is 5.56 Å². The molecular weight excluding hydrogens is 368 g/mol. The summed E-state index contributed by atoms with van der Waals surface area (Å²) in [5, 5.41) is 5.57. The molecule has 0 radical (unpaired) electrons. The molecule has 0 atom stereocenters. The van der Waals surface area contributed by atoms with Gasteiger partial charge in [0.05, 0.1) is 23.9 Å². The number of hydrogen-bond acceptors (Lipinski definition) is 4. The molecule has 3 rings (SSSR count). The molecule has 0 spiro atoms. The molecule has 0 bridgehead atoms. The van der Waals surface area contributed by atoms with Gasteiger partial charge in [-0.2, -0.15) is 0 Å². The summed E-state index contributed by atoms with van der Waals surface area (Å²) in [5.74, 6) is -1.31. The SMILES string of the molecule is COC(=O)c1cccc(C(=O)Nc2ccccc2C(=O)Nc2cccc(C)c2)c1. The van der Waals surface area contributed by atoms with E-state index in [1.54, 1.807) is 48.5 Å². The number of anilines is 2. The first-order valence-electron chi connectivity index (χ1n) is 8.94. The zero-order valence-corrected chi connectivity index (χ0v) is 16.1. The van der Waals surface area contributed by atoms with Crippen LogP contribution in [0.25, 0.3) is 0 Å². The van der Waals surface area contributed by atoms with Crippen LogP contribution < -0.4 is 10.6 Å². The summed E-state index contributed by atoms with van der Waals surface area (Å²) >= 11 is 0. The van der Waals surface area contributed by atoms with Crippen molar-refractivity contribution in [2.24, 2.45) is 0 Å². The monoisotopic (exact) mass is 388 g/mol. The summed E-state index contributed by atoms with van der Waals surface area (Å²) in [6.07, 6.45) is 0. The van der Waals surface area contributed by atoms with Crippen LogP contribution in [0, 0.1) is 6.92 Å². The molecule has 0 saturated carbocycles. The van der Waals surface area contributed by atoms with Crippen LogP contribution in [0.5, 0.6) is 0 Å². The van der Waals surface area contributed by atoms with Gasteiger partial charge in [-0.25, -0.2) is 4.79 Å². The first kappa shape index (κ1) is 19.8. The number of carbonyl (C=O) groups excluding carboxylic acids is 3. The molecule has 0 saturated heterocycles. The Morgan fingerprint density at radius 1 is 0.759 bits per heavy atom. The van der Waals surface area contributed by atoms with Gasteiger partial charge in [-0.05, 0) is 55.0 Å². The predicted octanol–water partition coefficient (Wildman–Crippen LogP) is 4.29. The van der Waals surface area contributed by atoms with Crippen LogP contribution in [0.3, 0.4) is 0 Å². The van der Waals surface area contributed by atoms with Gasteiger partial charge in [0.25, 0.3) is 11.8 Å². The summed E-state index contributed by atoms with van der Waals surface area (Å²) < 4.78 is 4.68. The topological polar surface area (TPSA) is 84.5 Å². The second kappa shape index (κ2) is 8.84. The van der Waals surface area contributed by atoms with E-state index in [4.69, 9.17) is 0 Å². The van der Waals surface area contributed by atoms with Crippen molar-refractivity contribution in [2.45, 2.75) is 6.92 Å². The first-order chi connectivity index (χ1) is 14.0. The smallest absolute Gasteiger partial charge is 0.337 e. The third-order valence-corrected chi connectivity index (χ3v) is 4.24. The lowest BCUT2D eigenvalue weighted by atomic mass is 10.1. The lowest BCUT2D eigenvalue weighted by Gasteiger charge is -2.12. The quantitative estimate of drug-likeness (QED) is 0.639. The molecule has 0 aliphatic heterocycles. The number of rotatable bonds is 5. The standard InChI is InChI=1S/C23H20N2O4/c1-15-7-5-10-18(13-15)24-22(27)19-11-3-4-12-20(19)25-21(26)16-8-6-9-17(14-16)23(28)29-2/h3-14H,1-2H3,(H,24,27)(H,25,26). The highest BCUT2D eigenvalue weighted by atomic mass is 16.5. The van der Waals surface area contributed by atoms with Gasteiger partial charge in [0.1, 0.15) is 0 Å². The number of carbonyl (C=O) groups is 3. The largest absolute Gasteiger partial charge is 0.465 e. The van der Waals surface area contributed by atoms with Crippen LogP contribution in [0.4, 0.5) is 11.4 Å². The fourth-order valence-electron chi connectivity index (χ4n) is 2.81. The summed E-state index contributed by atoms with van der Waals surface area (Å²) in [7, 11) is 1.28. The maximum atomic E-state index is 12.7. The summed E-state index contributed by atoms with van der Waals surface area (Å²) in [4.78, 5) is 37.1. The van der Waals surface area contributed by atoms with Gasteiger partial charge >= 0.3 is 5.97 Å². The molecule has 0 fully saturated rings. The zero-order chi connectivity index (χ0) is 20.8. The van der Waals surface area contributed by atoms with Crippen LogP contribution in [0.2, 0.25) is 0 Å². The third-order valence-electron chi connectivity index (χ3n) is 4.24. The summed E-state index contributed by atoms with van der Waals surface area (Å²) in [6.45, 7) is 1.94. The Labute approximate surface area is 168 Å². The number of benzene rings is 3. The molecule has 3 aromatic carbocycles. The minimum Gasteiger partial charge on any atom is -0.465 e. The van der Waals surface area contributed by atoms with E-state index in [9.17, 15) is 14.4 Å². The van der Waals surface area contributed by atoms with Crippen LogP contribution in [-0.2, 0) is 4.74 Å². The number of esters is 1. The maximum absolute atomic E-state index is 12.7.